The third-order valence-corrected chi connectivity index (χ3v) is 4.60. The maximum atomic E-state index is 13.0. The normalized spacial score (nSPS) is 11.3. The highest BCUT2D eigenvalue weighted by Gasteiger charge is 2.26. The maximum Gasteiger partial charge on any atom is 0.261 e. The van der Waals surface area contributed by atoms with Crippen molar-refractivity contribution in [2.75, 3.05) is 27.4 Å². The molecule has 0 heterocycles. The largest absolute Gasteiger partial charge is 0.496 e. The molecule has 0 fully saturated rings. The van der Waals surface area contributed by atoms with Gasteiger partial charge >= 0.3 is 0 Å². The molecule has 1 N–H and O–H groups in total. The van der Waals surface area contributed by atoms with Gasteiger partial charge in [0.05, 0.1) is 14.2 Å². The van der Waals surface area contributed by atoms with Gasteiger partial charge in [-0.3, -0.25) is 9.59 Å². The lowest BCUT2D eigenvalue weighted by molar-refractivity contribution is -0.142. The van der Waals surface area contributed by atoms with Crippen LogP contribution in [0.1, 0.15) is 25.8 Å². The number of ether oxygens (including phenoxy) is 3. The van der Waals surface area contributed by atoms with Gasteiger partial charge in [0.2, 0.25) is 5.91 Å². The second-order valence-corrected chi connectivity index (χ2v) is 6.81. The first kappa shape index (κ1) is 23.1. The zero-order valence-electron chi connectivity index (χ0n) is 18.0. The standard InChI is InChI=1S/C23H30N2O5/c1-5-11-24-23(27)17(2)25(15-18-9-7-6-8-10-18)22(26)16-30-21-13-19(28-3)12-20(14-21)29-4/h6-10,12-14,17H,5,11,15-16H2,1-4H3,(H,24,27)/t17-/m1/s1. The summed E-state index contributed by atoms with van der Waals surface area (Å²) in [6.07, 6.45) is 0.825. The average molecular weight is 415 g/mol. The number of benzene rings is 2. The van der Waals surface area contributed by atoms with E-state index < -0.39 is 6.04 Å². The molecule has 0 aliphatic rings. The fourth-order valence-electron chi connectivity index (χ4n) is 2.85. The smallest absolute Gasteiger partial charge is 0.261 e. The molecule has 2 aromatic rings. The van der Waals surface area contributed by atoms with Crippen LogP contribution in [0.2, 0.25) is 0 Å². The van der Waals surface area contributed by atoms with Crippen LogP contribution in [0.5, 0.6) is 17.2 Å². The lowest BCUT2D eigenvalue weighted by Crippen LogP contribution is -2.49. The van der Waals surface area contributed by atoms with E-state index in [1.165, 1.54) is 4.90 Å². The SMILES string of the molecule is CCCNC(=O)[C@@H](C)N(Cc1ccccc1)C(=O)COc1cc(OC)cc(OC)c1. The number of amides is 2. The molecular formula is C23H30N2O5. The monoisotopic (exact) mass is 414 g/mol. The molecule has 2 amide bonds. The van der Waals surface area contributed by atoms with Crippen LogP contribution < -0.4 is 19.5 Å². The topological polar surface area (TPSA) is 77.1 Å². The molecule has 0 bridgehead atoms. The van der Waals surface area contributed by atoms with Crippen LogP contribution in [0, 0.1) is 0 Å². The lowest BCUT2D eigenvalue weighted by atomic mass is 10.1. The minimum Gasteiger partial charge on any atom is -0.496 e. The van der Waals surface area contributed by atoms with Gasteiger partial charge in [-0.1, -0.05) is 37.3 Å². The van der Waals surface area contributed by atoms with Gasteiger partial charge in [-0.2, -0.15) is 0 Å². The van der Waals surface area contributed by atoms with E-state index in [2.05, 4.69) is 5.32 Å². The highest BCUT2D eigenvalue weighted by molar-refractivity contribution is 5.87. The summed E-state index contributed by atoms with van der Waals surface area (Å²) >= 11 is 0. The second kappa shape index (κ2) is 11.7. The molecule has 0 unspecified atom stereocenters. The van der Waals surface area contributed by atoms with E-state index in [4.69, 9.17) is 14.2 Å². The van der Waals surface area contributed by atoms with Crippen molar-refractivity contribution in [2.24, 2.45) is 0 Å². The summed E-state index contributed by atoms with van der Waals surface area (Å²) in [4.78, 5) is 27.0. The zero-order chi connectivity index (χ0) is 21.9. The fraction of sp³-hybridized carbons (Fsp3) is 0.391. The van der Waals surface area contributed by atoms with Crippen LogP contribution in [0.3, 0.4) is 0 Å². The molecule has 0 aromatic heterocycles. The first-order chi connectivity index (χ1) is 14.5. The Morgan fingerprint density at radius 1 is 1.00 bits per heavy atom. The summed E-state index contributed by atoms with van der Waals surface area (Å²) in [5, 5.41) is 2.85. The molecule has 0 radical (unpaired) electrons. The maximum absolute atomic E-state index is 13.0. The van der Waals surface area contributed by atoms with E-state index in [0.29, 0.717) is 30.3 Å². The van der Waals surface area contributed by atoms with E-state index >= 15 is 0 Å². The average Bonchev–Trinajstić information content (AvgIpc) is 2.79. The summed E-state index contributed by atoms with van der Waals surface area (Å²) in [5.74, 6) is 1.08. The predicted octanol–water partition coefficient (Wildman–Crippen LogP) is 3.03. The van der Waals surface area contributed by atoms with Gasteiger partial charge < -0.3 is 24.4 Å². The van der Waals surface area contributed by atoms with Gasteiger partial charge in [-0.15, -0.1) is 0 Å². The minimum atomic E-state index is -0.632. The zero-order valence-corrected chi connectivity index (χ0v) is 18.0. The summed E-state index contributed by atoms with van der Waals surface area (Å²) < 4.78 is 16.2. The number of hydrogen-bond acceptors (Lipinski definition) is 5. The van der Waals surface area contributed by atoms with Crippen LogP contribution in [-0.4, -0.2) is 50.1 Å². The van der Waals surface area contributed by atoms with Crippen molar-refractivity contribution in [3.63, 3.8) is 0 Å². The first-order valence-electron chi connectivity index (χ1n) is 9.95. The van der Waals surface area contributed by atoms with Crippen molar-refractivity contribution in [3.8, 4) is 17.2 Å². The quantitative estimate of drug-likeness (QED) is 0.612. The van der Waals surface area contributed by atoms with Gasteiger partial charge in [0.25, 0.3) is 5.91 Å². The Morgan fingerprint density at radius 2 is 1.60 bits per heavy atom. The Labute approximate surface area is 177 Å². The van der Waals surface area contributed by atoms with Crippen molar-refractivity contribution in [3.05, 3.63) is 54.1 Å². The van der Waals surface area contributed by atoms with Crippen LogP contribution in [0.25, 0.3) is 0 Å². The predicted molar refractivity (Wildman–Crippen MR) is 115 cm³/mol. The minimum absolute atomic E-state index is 0.191. The van der Waals surface area contributed by atoms with Gasteiger partial charge in [0.15, 0.2) is 6.61 Å². The van der Waals surface area contributed by atoms with E-state index in [0.717, 1.165) is 12.0 Å². The number of methoxy groups -OCH3 is 2. The second-order valence-electron chi connectivity index (χ2n) is 6.81. The van der Waals surface area contributed by atoms with Crippen molar-refractivity contribution >= 4 is 11.8 Å². The first-order valence-corrected chi connectivity index (χ1v) is 9.95. The van der Waals surface area contributed by atoms with E-state index in [1.54, 1.807) is 39.3 Å². The summed E-state index contributed by atoms with van der Waals surface area (Å²) in [6.45, 7) is 4.37. The van der Waals surface area contributed by atoms with Gasteiger partial charge in [0.1, 0.15) is 23.3 Å². The van der Waals surface area contributed by atoms with Crippen molar-refractivity contribution in [1.29, 1.82) is 0 Å². The highest BCUT2D eigenvalue weighted by Crippen LogP contribution is 2.27. The lowest BCUT2D eigenvalue weighted by Gasteiger charge is -2.28. The van der Waals surface area contributed by atoms with E-state index in [-0.39, 0.29) is 18.4 Å². The van der Waals surface area contributed by atoms with Crippen LogP contribution >= 0.6 is 0 Å². The molecule has 7 heteroatoms. The molecule has 30 heavy (non-hydrogen) atoms. The molecule has 0 saturated carbocycles. The fourth-order valence-corrected chi connectivity index (χ4v) is 2.85. The molecule has 1 atom stereocenters. The Kier molecular flexibility index (Phi) is 9.00. The number of hydrogen-bond donors (Lipinski definition) is 1. The third kappa shape index (κ3) is 6.69. The Hall–Kier alpha value is -3.22. The van der Waals surface area contributed by atoms with Crippen molar-refractivity contribution < 1.29 is 23.8 Å². The summed E-state index contributed by atoms with van der Waals surface area (Å²) in [5.41, 5.74) is 0.934. The van der Waals surface area contributed by atoms with E-state index in [9.17, 15) is 9.59 Å². The number of rotatable bonds is 11. The molecule has 0 aliphatic carbocycles. The summed E-state index contributed by atoms with van der Waals surface area (Å²) in [7, 11) is 3.09. The molecular weight excluding hydrogens is 384 g/mol. The number of carbonyl (C=O) groups excluding carboxylic acids is 2. The Balaban J connectivity index is 2.14. The van der Waals surface area contributed by atoms with Crippen LogP contribution in [-0.2, 0) is 16.1 Å². The summed E-state index contributed by atoms with van der Waals surface area (Å²) in [6, 6.07) is 14.0. The van der Waals surface area contributed by atoms with Crippen LogP contribution in [0.4, 0.5) is 0 Å². The molecule has 162 valence electrons. The Bertz CT molecular complexity index is 803. The number of nitrogens with one attached hydrogen (secondary N) is 1. The molecule has 2 rings (SSSR count). The van der Waals surface area contributed by atoms with Gasteiger partial charge in [-0.25, -0.2) is 0 Å². The van der Waals surface area contributed by atoms with Crippen molar-refractivity contribution in [2.45, 2.75) is 32.9 Å². The van der Waals surface area contributed by atoms with Gasteiger partial charge in [-0.05, 0) is 18.9 Å². The Morgan fingerprint density at radius 3 is 2.17 bits per heavy atom. The molecule has 7 nitrogen and oxygen atoms in total. The third-order valence-electron chi connectivity index (χ3n) is 4.60. The van der Waals surface area contributed by atoms with Gasteiger partial charge in [0, 0.05) is 31.3 Å². The molecule has 0 aliphatic heterocycles. The van der Waals surface area contributed by atoms with E-state index in [1.807, 2.05) is 37.3 Å². The van der Waals surface area contributed by atoms with Crippen LogP contribution in [0.15, 0.2) is 48.5 Å². The highest BCUT2D eigenvalue weighted by atomic mass is 16.5. The molecule has 0 spiro atoms. The molecule has 0 saturated heterocycles. The molecule has 2 aromatic carbocycles. The number of nitrogens with zero attached hydrogens (tertiary/aromatic N) is 1. The van der Waals surface area contributed by atoms with Crippen molar-refractivity contribution in [1.82, 2.24) is 10.2 Å². The number of carbonyl (C=O) groups is 2.